The highest BCUT2D eigenvalue weighted by atomic mass is 14.8. The van der Waals surface area contributed by atoms with E-state index in [1.807, 2.05) is 0 Å². The van der Waals surface area contributed by atoms with Crippen LogP contribution in [0.15, 0.2) is 0 Å². The van der Waals surface area contributed by atoms with E-state index in [0.717, 1.165) is 5.92 Å². The van der Waals surface area contributed by atoms with Crippen LogP contribution >= 0.6 is 0 Å². The quantitative estimate of drug-likeness (QED) is 0.634. The molecule has 1 saturated carbocycles. The van der Waals surface area contributed by atoms with Crippen molar-refractivity contribution in [1.29, 1.82) is 0 Å². The lowest BCUT2D eigenvalue weighted by molar-refractivity contribution is 0.350. The monoisotopic (exact) mass is 140 g/mol. The Bertz CT molecular complexity index is 74.8. The lowest BCUT2D eigenvalue weighted by Gasteiger charge is -2.21. The lowest BCUT2D eigenvalue weighted by atomic mass is 9.89. The molecular formula is C9H18N. The van der Waals surface area contributed by atoms with Crippen molar-refractivity contribution in [3.8, 4) is 0 Å². The van der Waals surface area contributed by atoms with Gasteiger partial charge in [-0.15, -0.1) is 0 Å². The maximum Gasteiger partial charge on any atom is 0.0190 e. The van der Waals surface area contributed by atoms with Gasteiger partial charge in [0.15, 0.2) is 0 Å². The Kier molecular flexibility index (Phi) is 3.81. The van der Waals surface area contributed by atoms with Gasteiger partial charge in [-0.3, -0.25) is 0 Å². The molecule has 0 bridgehead atoms. The summed E-state index contributed by atoms with van der Waals surface area (Å²) in [5.74, 6) is 0.963. The Hall–Kier alpha value is -0.0400. The van der Waals surface area contributed by atoms with E-state index < -0.39 is 0 Å². The van der Waals surface area contributed by atoms with Crippen molar-refractivity contribution in [3.05, 3.63) is 6.54 Å². The molecule has 0 spiro atoms. The molecule has 0 amide bonds. The molecule has 0 unspecified atom stereocenters. The second kappa shape index (κ2) is 4.73. The SMILES string of the molecule is C[CH]NCC1CCCCC1. The summed E-state index contributed by atoms with van der Waals surface area (Å²) in [6, 6.07) is 0. The second-order valence-corrected chi connectivity index (χ2v) is 3.20. The standard InChI is InChI=1S/C9H18N/c1-2-10-8-9-6-4-3-5-7-9/h2,9-10H,3-8H2,1H3. The molecule has 1 rings (SSSR count). The average Bonchev–Trinajstić information content (AvgIpc) is 2.03. The molecule has 0 heterocycles. The molecule has 0 aromatic heterocycles. The van der Waals surface area contributed by atoms with Gasteiger partial charge in [-0.1, -0.05) is 19.3 Å². The van der Waals surface area contributed by atoms with Crippen LogP contribution in [0.4, 0.5) is 0 Å². The van der Waals surface area contributed by atoms with Crippen LogP contribution in [-0.4, -0.2) is 6.54 Å². The summed E-state index contributed by atoms with van der Waals surface area (Å²) in [5, 5.41) is 3.29. The van der Waals surface area contributed by atoms with Crippen LogP contribution in [0.3, 0.4) is 0 Å². The minimum atomic E-state index is 0.963. The first-order valence-corrected chi connectivity index (χ1v) is 4.44. The van der Waals surface area contributed by atoms with Crippen LogP contribution in [0.25, 0.3) is 0 Å². The highest BCUT2D eigenvalue weighted by molar-refractivity contribution is 4.69. The van der Waals surface area contributed by atoms with Gasteiger partial charge < -0.3 is 5.32 Å². The van der Waals surface area contributed by atoms with Gasteiger partial charge in [-0.2, -0.15) is 0 Å². The third-order valence-corrected chi connectivity index (χ3v) is 2.34. The van der Waals surface area contributed by atoms with Gasteiger partial charge >= 0.3 is 0 Å². The fourth-order valence-electron chi connectivity index (χ4n) is 1.68. The van der Waals surface area contributed by atoms with Crippen molar-refractivity contribution in [2.24, 2.45) is 5.92 Å². The Morgan fingerprint density at radius 3 is 2.60 bits per heavy atom. The molecule has 1 radical (unpaired) electrons. The van der Waals surface area contributed by atoms with Gasteiger partial charge in [0, 0.05) is 6.54 Å². The zero-order chi connectivity index (χ0) is 7.23. The van der Waals surface area contributed by atoms with Crippen LogP contribution in [0.2, 0.25) is 0 Å². The molecule has 1 nitrogen and oxygen atoms in total. The van der Waals surface area contributed by atoms with Gasteiger partial charge in [0.25, 0.3) is 0 Å². The maximum absolute atomic E-state index is 3.29. The summed E-state index contributed by atoms with van der Waals surface area (Å²) < 4.78 is 0. The van der Waals surface area contributed by atoms with Gasteiger partial charge in [-0.25, -0.2) is 0 Å². The van der Waals surface area contributed by atoms with Crippen molar-refractivity contribution in [3.63, 3.8) is 0 Å². The fourth-order valence-corrected chi connectivity index (χ4v) is 1.68. The average molecular weight is 140 g/mol. The zero-order valence-corrected chi connectivity index (χ0v) is 6.90. The topological polar surface area (TPSA) is 12.0 Å². The highest BCUT2D eigenvalue weighted by Gasteiger charge is 2.11. The maximum atomic E-state index is 3.29. The molecular weight excluding hydrogens is 122 g/mol. The molecule has 1 aliphatic rings. The van der Waals surface area contributed by atoms with Crippen LogP contribution in [0, 0.1) is 12.5 Å². The summed E-state index contributed by atoms with van der Waals surface area (Å²) in [5.41, 5.74) is 0. The van der Waals surface area contributed by atoms with E-state index in [0.29, 0.717) is 0 Å². The van der Waals surface area contributed by atoms with Gasteiger partial charge in [0.2, 0.25) is 0 Å². The van der Waals surface area contributed by atoms with Crippen molar-refractivity contribution in [2.45, 2.75) is 39.0 Å². The highest BCUT2D eigenvalue weighted by Crippen LogP contribution is 2.22. The van der Waals surface area contributed by atoms with Gasteiger partial charge in [-0.05, 0) is 32.2 Å². The number of rotatable bonds is 3. The fraction of sp³-hybridized carbons (Fsp3) is 0.889. The zero-order valence-electron chi connectivity index (χ0n) is 6.90. The Morgan fingerprint density at radius 2 is 2.00 bits per heavy atom. The summed E-state index contributed by atoms with van der Waals surface area (Å²) >= 11 is 0. The first-order valence-electron chi connectivity index (χ1n) is 4.44. The number of nitrogens with one attached hydrogen (secondary N) is 1. The number of hydrogen-bond acceptors (Lipinski definition) is 1. The van der Waals surface area contributed by atoms with Crippen molar-refractivity contribution in [2.75, 3.05) is 6.54 Å². The van der Waals surface area contributed by atoms with E-state index in [1.165, 1.54) is 38.6 Å². The van der Waals surface area contributed by atoms with E-state index in [-0.39, 0.29) is 0 Å². The van der Waals surface area contributed by atoms with E-state index in [4.69, 9.17) is 0 Å². The van der Waals surface area contributed by atoms with Crippen LogP contribution in [0.1, 0.15) is 39.0 Å². The first kappa shape index (κ1) is 8.06. The largest absolute Gasteiger partial charge is 0.312 e. The van der Waals surface area contributed by atoms with Crippen LogP contribution in [-0.2, 0) is 0 Å². The predicted molar refractivity (Wildman–Crippen MR) is 44.6 cm³/mol. The molecule has 0 saturated heterocycles. The molecule has 0 aromatic rings. The molecule has 0 atom stereocenters. The normalized spacial score (nSPS) is 21.3. The van der Waals surface area contributed by atoms with E-state index in [2.05, 4.69) is 18.8 Å². The van der Waals surface area contributed by atoms with E-state index in [1.54, 1.807) is 0 Å². The third kappa shape index (κ3) is 2.70. The minimum absolute atomic E-state index is 0.963. The van der Waals surface area contributed by atoms with Crippen LogP contribution in [0.5, 0.6) is 0 Å². The smallest absolute Gasteiger partial charge is 0.0190 e. The Labute approximate surface area is 64.2 Å². The minimum Gasteiger partial charge on any atom is -0.312 e. The predicted octanol–water partition coefficient (Wildman–Crippen LogP) is 2.34. The summed E-state index contributed by atoms with van der Waals surface area (Å²) in [6.45, 7) is 5.31. The van der Waals surface area contributed by atoms with Crippen LogP contribution < -0.4 is 5.32 Å². The van der Waals surface area contributed by atoms with Crippen molar-refractivity contribution in [1.82, 2.24) is 5.32 Å². The second-order valence-electron chi connectivity index (χ2n) is 3.20. The summed E-state index contributed by atoms with van der Waals surface area (Å²) in [7, 11) is 0. The Balaban J connectivity index is 2.02. The van der Waals surface area contributed by atoms with Gasteiger partial charge in [0.1, 0.15) is 0 Å². The van der Waals surface area contributed by atoms with E-state index >= 15 is 0 Å². The summed E-state index contributed by atoms with van der Waals surface area (Å²) in [4.78, 5) is 0. The first-order chi connectivity index (χ1) is 4.93. The van der Waals surface area contributed by atoms with Gasteiger partial charge in [0.05, 0.1) is 0 Å². The molecule has 1 fully saturated rings. The molecule has 1 N–H and O–H groups in total. The number of hydrogen-bond donors (Lipinski definition) is 1. The summed E-state index contributed by atoms with van der Waals surface area (Å²) in [6.07, 6.45) is 7.26. The van der Waals surface area contributed by atoms with E-state index in [9.17, 15) is 0 Å². The molecule has 0 aliphatic heterocycles. The van der Waals surface area contributed by atoms with Crippen molar-refractivity contribution < 1.29 is 0 Å². The van der Waals surface area contributed by atoms with Crippen molar-refractivity contribution >= 4 is 0 Å². The Morgan fingerprint density at radius 1 is 1.30 bits per heavy atom. The molecule has 1 aliphatic carbocycles. The lowest BCUT2D eigenvalue weighted by Crippen LogP contribution is -2.21. The molecule has 0 aromatic carbocycles. The molecule has 59 valence electrons. The molecule has 1 heteroatoms. The molecule has 10 heavy (non-hydrogen) atoms. The third-order valence-electron chi connectivity index (χ3n) is 2.34.